The van der Waals surface area contributed by atoms with Crippen molar-refractivity contribution in [1.82, 2.24) is 0 Å². The zero-order valence-corrected chi connectivity index (χ0v) is 44.9. The molecule has 2 aliphatic rings. The van der Waals surface area contributed by atoms with Gasteiger partial charge in [0.1, 0.15) is 55.4 Å². The highest BCUT2D eigenvalue weighted by atomic mass is 16.7. The maximum atomic E-state index is 13.0. The van der Waals surface area contributed by atoms with Crippen LogP contribution >= 0.6 is 0 Å². The molecule has 0 aromatic carbocycles. The molecule has 0 saturated carbocycles. The number of hydrogen-bond acceptors (Lipinski definition) is 15. The van der Waals surface area contributed by atoms with Crippen molar-refractivity contribution < 1.29 is 73.8 Å². The zero-order chi connectivity index (χ0) is 53.2. The molecule has 73 heavy (non-hydrogen) atoms. The predicted octanol–water partition coefficient (Wildman–Crippen LogP) is 9.22. The van der Waals surface area contributed by atoms with Crippen LogP contribution in [0.15, 0.2) is 60.8 Å². The number of aliphatic hydroxyl groups excluding tert-OH is 7. The summed E-state index contributed by atoms with van der Waals surface area (Å²) in [6.45, 7) is 2.51. The molecule has 15 nitrogen and oxygen atoms in total. The van der Waals surface area contributed by atoms with Gasteiger partial charge in [-0.05, 0) is 51.4 Å². The Morgan fingerprint density at radius 3 is 1.34 bits per heavy atom. The summed E-state index contributed by atoms with van der Waals surface area (Å²) >= 11 is 0. The Balaban J connectivity index is 1.80. The van der Waals surface area contributed by atoms with E-state index >= 15 is 0 Å². The van der Waals surface area contributed by atoms with Gasteiger partial charge in [0.15, 0.2) is 18.7 Å². The second-order valence-corrected chi connectivity index (χ2v) is 19.8. The van der Waals surface area contributed by atoms with Crippen molar-refractivity contribution in [1.29, 1.82) is 0 Å². The topological polar surface area (TPSA) is 231 Å². The molecule has 2 rings (SSSR count). The number of allylic oxidation sites excluding steroid dienone is 10. The second kappa shape index (κ2) is 44.3. The molecule has 2 fully saturated rings. The number of carbonyl (C=O) groups is 2. The summed E-state index contributed by atoms with van der Waals surface area (Å²) in [6, 6.07) is 0. The van der Waals surface area contributed by atoms with Crippen molar-refractivity contribution in [3.8, 4) is 0 Å². The van der Waals surface area contributed by atoms with Gasteiger partial charge in [0, 0.05) is 12.8 Å². The van der Waals surface area contributed by atoms with Crippen molar-refractivity contribution in [3.05, 3.63) is 60.8 Å². The summed E-state index contributed by atoms with van der Waals surface area (Å²) in [6.07, 6.45) is 35.4. The molecule has 2 heterocycles. The molecule has 0 spiro atoms. The van der Waals surface area contributed by atoms with Gasteiger partial charge >= 0.3 is 11.9 Å². The van der Waals surface area contributed by atoms with Gasteiger partial charge < -0.3 is 64.2 Å². The highest BCUT2D eigenvalue weighted by molar-refractivity contribution is 5.70. The lowest BCUT2D eigenvalue weighted by Crippen LogP contribution is -2.61. The minimum absolute atomic E-state index is 0.0414. The minimum atomic E-state index is -1.78. The number of unbranched alkanes of at least 4 members (excludes halogenated alkanes) is 20. The third kappa shape index (κ3) is 31.8. The third-order valence-corrected chi connectivity index (χ3v) is 13.3. The third-order valence-electron chi connectivity index (χ3n) is 13.3. The molecule has 0 aliphatic carbocycles. The Kier molecular flexibility index (Phi) is 40.3. The molecule has 2 aliphatic heterocycles. The fraction of sp³-hybridized carbons (Fsp3) is 0.793. The van der Waals surface area contributed by atoms with Crippen LogP contribution in [0.4, 0.5) is 0 Å². The number of rotatable bonds is 44. The molecule has 0 aromatic rings. The minimum Gasteiger partial charge on any atom is -0.462 e. The first kappa shape index (κ1) is 66.3. The van der Waals surface area contributed by atoms with Crippen LogP contribution in [0.3, 0.4) is 0 Å². The summed E-state index contributed by atoms with van der Waals surface area (Å²) in [4.78, 5) is 25.8. The lowest BCUT2D eigenvalue weighted by molar-refractivity contribution is -0.332. The van der Waals surface area contributed by atoms with E-state index in [1.54, 1.807) is 0 Å². The van der Waals surface area contributed by atoms with Gasteiger partial charge in [-0.1, -0.05) is 197 Å². The zero-order valence-electron chi connectivity index (χ0n) is 44.9. The summed E-state index contributed by atoms with van der Waals surface area (Å²) < 4.78 is 33.6. The molecular formula is C58H100O15. The molecule has 15 heteroatoms. The van der Waals surface area contributed by atoms with Crippen LogP contribution in [-0.4, -0.2) is 142 Å². The monoisotopic (exact) mass is 1040 g/mol. The van der Waals surface area contributed by atoms with Gasteiger partial charge in [0.25, 0.3) is 0 Å². The molecule has 4 unspecified atom stereocenters. The van der Waals surface area contributed by atoms with Crippen molar-refractivity contribution in [2.45, 2.75) is 268 Å². The van der Waals surface area contributed by atoms with E-state index in [-0.39, 0.29) is 19.4 Å². The lowest BCUT2D eigenvalue weighted by atomic mass is 9.98. The van der Waals surface area contributed by atoms with Crippen LogP contribution in [0.25, 0.3) is 0 Å². The van der Waals surface area contributed by atoms with E-state index in [4.69, 9.17) is 28.4 Å². The highest BCUT2D eigenvalue weighted by Gasteiger charge is 2.47. The first-order valence-electron chi connectivity index (χ1n) is 28.4. The average molecular weight is 1040 g/mol. The van der Waals surface area contributed by atoms with Crippen molar-refractivity contribution in [2.24, 2.45) is 0 Å². The Morgan fingerprint density at radius 2 is 0.849 bits per heavy atom. The van der Waals surface area contributed by atoms with Crippen molar-refractivity contribution in [2.75, 3.05) is 26.4 Å². The van der Waals surface area contributed by atoms with E-state index in [2.05, 4.69) is 62.5 Å². The number of hydrogen-bond donors (Lipinski definition) is 7. The largest absolute Gasteiger partial charge is 0.462 e. The van der Waals surface area contributed by atoms with Crippen LogP contribution in [0.5, 0.6) is 0 Å². The Bertz CT molecular complexity index is 1500. The Morgan fingerprint density at radius 1 is 0.438 bits per heavy atom. The first-order valence-corrected chi connectivity index (χ1v) is 28.4. The van der Waals surface area contributed by atoms with Crippen LogP contribution in [0, 0.1) is 0 Å². The SMILES string of the molecule is CCCCC/C=C/C/C=C/C/C=C/C/C=C/C/C=C/CCC(=O)O[C@@H](COC(=O)CCCCCCCCCCCCCCCCCCCC)CO[C@@H]1O[C@H](CO[C@@H]2O[C@H](CO)[C@H](O)C(O)C2O)[C@H](O)C(O)C1O. The summed E-state index contributed by atoms with van der Waals surface area (Å²) in [7, 11) is 0. The van der Waals surface area contributed by atoms with Crippen molar-refractivity contribution in [3.63, 3.8) is 0 Å². The van der Waals surface area contributed by atoms with E-state index in [0.29, 0.717) is 19.3 Å². The van der Waals surface area contributed by atoms with Crippen LogP contribution in [0.1, 0.15) is 200 Å². The lowest BCUT2D eigenvalue weighted by Gasteiger charge is -2.42. The van der Waals surface area contributed by atoms with Gasteiger partial charge in [-0.25, -0.2) is 0 Å². The Labute approximate surface area is 439 Å². The predicted molar refractivity (Wildman–Crippen MR) is 284 cm³/mol. The molecule has 7 N–H and O–H groups in total. The summed E-state index contributed by atoms with van der Waals surface area (Å²) in [5, 5.41) is 72.2. The first-order chi connectivity index (χ1) is 35.5. The molecule has 0 bridgehead atoms. The van der Waals surface area contributed by atoms with Crippen LogP contribution in [-0.2, 0) is 38.0 Å². The Hall–Kier alpha value is -2.80. The van der Waals surface area contributed by atoms with E-state index in [1.165, 1.54) is 109 Å². The number of esters is 2. The highest BCUT2D eigenvalue weighted by Crippen LogP contribution is 2.26. The number of aliphatic hydroxyl groups is 7. The van der Waals surface area contributed by atoms with Crippen LogP contribution in [0.2, 0.25) is 0 Å². The molecule has 0 radical (unpaired) electrons. The standard InChI is InChI=1S/C58H100O15/c1-3-5-7-9-11-13-15-17-19-21-23-25-27-29-31-33-35-37-39-41-50(61)71-46(43-68-49(60)40-38-36-34-32-30-28-26-24-22-20-18-16-14-12-10-8-6-4-2)44-69-57-56(67)54(65)52(63)48(73-57)45-70-58-55(66)53(64)51(62)47(42-59)72-58/h11,13,17,19,23,25,29,31,35,37,46-48,51-59,62-67H,3-10,12,14-16,18,20-22,24,26-28,30,32-34,36,38-45H2,1-2H3/b13-11+,19-17+,25-23+,31-29+,37-35+/t46-,47+,48+,51-,52-,53?,54?,55?,56?,57+,58+/m0/s1. The summed E-state index contributed by atoms with van der Waals surface area (Å²) in [5.74, 6) is -1.02. The normalized spacial score (nSPS) is 25.3. The smallest absolute Gasteiger partial charge is 0.306 e. The fourth-order valence-electron chi connectivity index (χ4n) is 8.61. The fourth-order valence-corrected chi connectivity index (χ4v) is 8.61. The molecule has 0 amide bonds. The van der Waals surface area contributed by atoms with Gasteiger partial charge in [0.05, 0.1) is 19.8 Å². The molecule has 422 valence electrons. The van der Waals surface area contributed by atoms with Gasteiger partial charge in [-0.15, -0.1) is 0 Å². The number of carbonyl (C=O) groups excluding carboxylic acids is 2. The van der Waals surface area contributed by atoms with Crippen LogP contribution < -0.4 is 0 Å². The molecule has 11 atom stereocenters. The van der Waals surface area contributed by atoms with Gasteiger partial charge in [0.2, 0.25) is 0 Å². The van der Waals surface area contributed by atoms with E-state index < -0.39 is 99.3 Å². The van der Waals surface area contributed by atoms with E-state index in [9.17, 15) is 45.3 Å². The molecule has 0 aromatic heterocycles. The summed E-state index contributed by atoms with van der Waals surface area (Å²) in [5.41, 5.74) is 0. The molecular weight excluding hydrogens is 937 g/mol. The van der Waals surface area contributed by atoms with E-state index in [0.717, 1.165) is 44.9 Å². The maximum Gasteiger partial charge on any atom is 0.306 e. The molecule has 2 saturated heterocycles. The van der Waals surface area contributed by atoms with Gasteiger partial charge in [-0.2, -0.15) is 0 Å². The maximum absolute atomic E-state index is 13.0. The van der Waals surface area contributed by atoms with Gasteiger partial charge in [-0.3, -0.25) is 9.59 Å². The van der Waals surface area contributed by atoms with Crippen molar-refractivity contribution >= 4 is 11.9 Å². The second-order valence-electron chi connectivity index (χ2n) is 19.8. The quantitative estimate of drug-likeness (QED) is 0.0171. The van der Waals surface area contributed by atoms with E-state index in [1.807, 2.05) is 12.2 Å². The number of ether oxygens (including phenoxy) is 6. The average Bonchev–Trinajstić information content (AvgIpc) is 3.38.